The number of hydrogen-bond acceptors (Lipinski definition) is 3. The minimum atomic E-state index is -0.595. The van der Waals surface area contributed by atoms with Gasteiger partial charge < -0.3 is 11.1 Å². The van der Waals surface area contributed by atoms with Crippen LogP contribution in [0.15, 0.2) is 60.8 Å². The van der Waals surface area contributed by atoms with Gasteiger partial charge >= 0.3 is 0 Å². The van der Waals surface area contributed by atoms with E-state index < -0.39 is 5.91 Å². The van der Waals surface area contributed by atoms with Crippen molar-refractivity contribution in [1.29, 1.82) is 0 Å². The predicted octanol–water partition coefficient (Wildman–Crippen LogP) is 2.53. The van der Waals surface area contributed by atoms with Gasteiger partial charge in [-0.25, -0.2) is 4.68 Å². The molecule has 24 heavy (non-hydrogen) atoms. The van der Waals surface area contributed by atoms with Crippen molar-refractivity contribution in [2.75, 3.05) is 5.32 Å². The molecule has 0 saturated heterocycles. The molecule has 0 spiro atoms. The zero-order valence-corrected chi connectivity index (χ0v) is 13.1. The molecule has 1 aromatic heterocycles. The van der Waals surface area contributed by atoms with Gasteiger partial charge in [-0.2, -0.15) is 5.10 Å². The number of benzene rings is 2. The zero-order valence-electron chi connectivity index (χ0n) is 13.1. The average molecular weight is 320 g/mol. The monoisotopic (exact) mass is 320 g/mol. The van der Waals surface area contributed by atoms with Crippen LogP contribution in [0.3, 0.4) is 0 Å². The van der Waals surface area contributed by atoms with E-state index in [4.69, 9.17) is 5.73 Å². The molecule has 6 nitrogen and oxygen atoms in total. The van der Waals surface area contributed by atoms with Crippen LogP contribution < -0.4 is 11.1 Å². The summed E-state index contributed by atoms with van der Waals surface area (Å²) in [7, 11) is 0. The Morgan fingerprint density at radius 1 is 1.00 bits per heavy atom. The Bertz CT molecular complexity index is 900. The van der Waals surface area contributed by atoms with E-state index >= 15 is 0 Å². The van der Waals surface area contributed by atoms with Crippen LogP contribution in [0.25, 0.3) is 5.69 Å². The Hall–Kier alpha value is -3.41. The molecule has 120 valence electrons. The number of nitrogens with zero attached hydrogens (tertiary/aromatic N) is 2. The molecule has 2 aromatic carbocycles. The lowest BCUT2D eigenvalue weighted by atomic mass is 10.1. The summed E-state index contributed by atoms with van der Waals surface area (Å²) in [5.74, 6) is -0.939. The number of anilines is 1. The Kier molecular flexibility index (Phi) is 4.11. The van der Waals surface area contributed by atoms with E-state index in [1.54, 1.807) is 28.9 Å². The van der Waals surface area contributed by atoms with E-state index in [-0.39, 0.29) is 11.5 Å². The quantitative estimate of drug-likeness (QED) is 0.774. The summed E-state index contributed by atoms with van der Waals surface area (Å²) in [5, 5.41) is 6.99. The summed E-state index contributed by atoms with van der Waals surface area (Å²) in [6.07, 6.45) is 1.50. The van der Waals surface area contributed by atoms with Gasteiger partial charge in [-0.15, -0.1) is 0 Å². The summed E-state index contributed by atoms with van der Waals surface area (Å²) in [6, 6.07) is 16.1. The van der Waals surface area contributed by atoms with Gasteiger partial charge in [0.2, 0.25) is 0 Å². The number of amides is 2. The van der Waals surface area contributed by atoms with Crippen LogP contribution in [0.1, 0.15) is 26.4 Å². The van der Waals surface area contributed by atoms with E-state index in [1.807, 2.05) is 37.3 Å². The van der Waals surface area contributed by atoms with E-state index in [9.17, 15) is 9.59 Å². The standard InChI is InChI=1S/C18H16N4O2/c1-12-15(11-20-22(12)13-7-3-2-4-8-13)18(24)21-16-10-6-5-9-14(16)17(19)23/h2-11H,1H3,(H2,19,23)(H,21,24). The van der Waals surface area contributed by atoms with Crippen molar-refractivity contribution in [3.05, 3.63) is 77.6 Å². The van der Waals surface area contributed by atoms with Crippen LogP contribution in [-0.4, -0.2) is 21.6 Å². The fourth-order valence-electron chi connectivity index (χ4n) is 2.46. The number of aromatic nitrogens is 2. The maximum Gasteiger partial charge on any atom is 0.259 e. The minimum Gasteiger partial charge on any atom is -0.366 e. The number of nitrogens with two attached hydrogens (primary N) is 1. The molecular formula is C18H16N4O2. The normalized spacial score (nSPS) is 10.4. The van der Waals surface area contributed by atoms with Crippen LogP contribution in [0.2, 0.25) is 0 Å². The van der Waals surface area contributed by atoms with Crippen LogP contribution in [0.4, 0.5) is 5.69 Å². The molecule has 1 heterocycles. The maximum absolute atomic E-state index is 12.5. The average Bonchev–Trinajstić information content (AvgIpc) is 2.97. The first-order valence-electron chi connectivity index (χ1n) is 7.38. The van der Waals surface area contributed by atoms with Crippen LogP contribution in [0.5, 0.6) is 0 Å². The van der Waals surface area contributed by atoms with Gasteiger partial charge in [-0.3, -0.25) is 9.59 Å². The number of rotatable bonds is 4. The molecule has 0 atom stereocenters. The number of primary amides is 1. The summed E-state index contributed by atoms with van der Waals surface area (Å²) >= 11 is 0. The number of carbonyl (C=O) groups is 2. The molecule has 3 rings (SSSR count). The van der Waals surface area contributed by atoms with Crippen molar-refractivity contribution < 1.29 is 9.59 Å². The van der Waals surface area contributed by atoms with Crippen molar-refractivity contribution >= 4 is 17.5 Å². The predicted molar refractivity (Wildman–Crippen MR) is 91.2 cm³/mol. The van der Waals surface area contributed by atoms with E-state index in [2.05, 4.69) is 10.4 Å². The second-order valence-corrected chi connectivity index (χ2v) is 5.25. The third kappa shape index (κ3) is 2.89. The Morgan fingerprint density at radius 3 is 2.38 bits per heavy atom. The highest BCUT2D eigenvalue weighted by molar-refractivity contribution is 6.09. The summed E-state index contributed by atoms with van der Waals surface area (Å²) in [4.78, 5) is 24.0. The van der Waals surface area contributed by atoms with Gasteiger partial charge in [0.1, 0.15) is 0 Å². The van der Waals surface area contributed by atoms with Crippen LogP contribution in [0, 0.1) is 6.92 Å². The molecule has 3 aromatic rings. The molecule has 0 aliphatic carbocycles. The maximum atomic E-state index is 12.5. The van der Waals surface area contributed by atoms with Gasteiger partial charge in [-0.1, -0.05) is 30.3 Å². The molecule has 6 heteroatoms. The molecule has 0 radical (unpaired) electrons. The fourth-order valence-corrected chi connectivity index (χ4v) is 2.46. The highest BCUT2D eigenvalue weighted by Gasteiger charge is 2.17. The Labute approximate surface area is 138 Å². The number of carbonyl (C=O) groups excluding carboxylic acids is 2. The summed E-state index contributed by atoms with van der Waals surface area (Å²) in [5.41, 5.74) is 7.97. The molecular weight excluding hydrogens is 304 g/mol. The van der Waals surface area contributed by atoms with Gasteiger partial charge in [-0.05, 0) is 31.2 Å². The third-order valence-electron chi connectivity index (χ3n) is 3.70. The molecule has 0 fully saturated rings. The molecule has 0 unspecified atom stereocenters. The minimum absolute atomic E-state index is 0.263. The molecule has 0 bridgehead atoms. The van der Waals surface area contributed by atoms with Crippen molar-refractivity contribution in [1.82, 2.24) is 9.78 Å². The summed E-state index contributed by atoms with van der Waals surface area (Å²) in [6.45, 7) is 1.81. The summed E-state index contributed by atoms with van der Waals surface area (Å²) < 4.78 is 1.69. The third-order valence-corrected chi connectivity index (χ3v) is 3.70. The van der Waals surface area contributed by atoms with Crippen LogP contribution >= 0.6 is 0 Å². The molecule has 0 aliphatic rings. The molecule has 0 aliphatic heterocycles. The van der Waals surface area contributed by atoms with Gasteiger partial charge in [0.05, 0.1) is 34.4 Å². The first-order chi connectivity index (χ1) is 11.6. The molecule has 0 saturated carbocycles. The smallest absolute Gasteiger partial charge is 0.259 e. The highest BCUT2D eigenvalue weighted by Crippen LogP contribution is 2.18. The Balaban J connectivity index is 1.90. The lowest BCUT2D eigenvalue weighted by molar-refractivity contribution is 0.100. The number of nitrogens with one attached hydrogen (secondary N) is 1. The first kappa shape index (κ1) is 15.5. The highest BCUT2D eigenvalue weighted by atomic mass is 16.2. The van der Waals surface area contributed by atoms with Crippen molar-refractivity contribution in [2.45, 2.75) is 6.92 Å². The van der Waals surface area contributed by atoms with E-state index in [0.29, 0.717) is 16.9 Å². The fraction of sp³-hybridized carbons (Fsp3) is 0.0556. The number of para-hydroxylation sites is 2. The second kappa shape index (κ2) is 6.37. The number of hydrogen-bond donors (Lipinski definition) is 2. The molecule has 3 N–H and O–H groups in total. The zero-order chi connectivity index (χ0) is 17.1. The van der Waals surface area contributed by atoms with Gasteiger partial charge in [0.15, 0.2) is 0 Å². The van der Waals surface area contributed by atoms with Gasteiger partial charge in [0, 0.05) is 0 Å². The van der Waals surface area contributed by atoms with Crippen molar-refractivity contribution in [3.8, 4) is 5.69 Å². The van der Waals surface area contributed by atoms with E-state index in [1.165, 1.54) is 6.20 Å². The Morgan fingerprint density at radius 2 is 1.67 bits per heavy atom. The van der Waals surface area contributed by atoms with Crippen LogP contribution in [-0.2, 0) is 0 Å². The van der Waals surface area contributed by atoms with Gasteiger partial charge in [0.25, 0.3) is 11.8 Å². The second-order valence-electron chi connectivity index (χ2n) is 5.25. The largest absolute Gasteiger partial charge is 0.366 e. The van der Waals surface area contributed by atoms with Crippen molar-refractivity contribution in [3.63, 3.8) is 0 Å². The first-order valence-corrected chi connectivity index (χ1v) is 7.38. The topological polar surface area (TPSA) is 90.0 Å². The van der Waals surface area contributed by atoms with E-state index in [0.717, 1.165) is 5.69 Å². The lowest BCUT2D eigenvalue weighted by Gasteiger charge is -2.09. The molecule has 2 amide bonds. The lowest BCUT2D eigenvalue weighted by Crippen LogP contribution is -2.18. The SMILES string of the molecule is Cc1c(C(=O)Nc2ccccc2C(N)=O)cnn1-c1ccccc1. The van der Waals surface area contributed by atoms with Crippen molar-refractivity contribution in [2.24, 2.45) is 5.73 Å².